The number of unbranched alkanes of at least 4 members (excludes halogenated alkanes) is 11. The Labute approximate surface area is 676 Å². The first-order valence-electron chi connectivity index (χ1n) is 41.6. The number of hydrogen-bond acceptors (Lipinski definition) is 15. The molecule has 3 N–H and O–H groups in total. The number of rotatable bonds is 75. The van der Waals surface area contributed by atoms with Crippen LogP contribution in [0, 0.1) is 0 Å². The number of phosphoric acid groups is 2. The van der Waals surface area contributed by atoms with Gasteiger partial charge in [0.1, 0.15) is 19.3 Å². The fourth-order valence-electron chi connectivity index (χ4n) is 9.98. The molecule has 0 bridgehead atoms. The number of carbonyl (C=O) groups is 4. The Kier molecular flexibility index (Phi) is 77.1. The molecule has 0 saturated heterocycles. The van der Waals surface area contributed by atoms with Crippen molar-refractivity contribution in [3.63, 3.8) is 0 Å². The molecule has 5 unspecified atom stereocenters. The summed E-state index contributed by atoms with van der Waals surface area (Å²) in [6.45, 7) is 4.18. The summed E-state index contributed by atoms with van der Waals surface area (Å²) in [5.74, 6) is -2.44. The highest BCUT2D eigenvalue weighted by Crippen LogP contribution is 2.45. The van der Waals surface area contributed by atoms with Gasteiger partial charge in [-0.15, -0.1) is 0 Å². The summed E-state index contributed by atoms with van der Waals surface area (Å²) >= 11 is 0. The Hall–Kier alpha value is -6.88. The molecule has 112 heavy (non-hydrogen) atoms. The first-order valence-corrected chi connectivity index (χ1v) is 44.6. The Morgan fingerprint density at radius 3 is 0.741 bits per heavy atom. The molecule has 0 radical (unpaired) electrons. The first-order chi connectivity index (χ1) is 54.7. The van der Waals surface area contributed by atoms with E-state index in [1.807, 2.05) is 36.5 Å². The number of carbonyl (C=O) groups excluding carboxylic acids is 4. The number of ether oxygens (including phenoxy) is 4. The van der Waals surface area contributed by atoms with Gasteiger partial charge in [-0.25, -0.2) is 9.13 Å². The number of hydrogen-bond donors (Lipinski definition) is 3. The maximum Gasteiger partial charge on any atom is 0.472 e. The maximum atomic E-state index is 13.1. The summed E-state index contributed by atoms with van der Waals surface area (Å²) in [6, 6.07) is 0. The Morgan fingerprint density at radius 2 is 0.455 bits per heavy atom. The Bertz CT molecular complexity index is 3040. The Morgan fingerprint density at radius 1 is 0.250 bits per heavy atom. The van der Waals surface area contributed by atoms with E-state index in [1.165, 1.54) is 0 Å². The molecule has 17 nitrogen and oxygen atoms in total. The largest absolute Gasteiger partial charge is 0.472 e. The molecule has 0 heterocycles. The molecular formula is C93H144O17P2. The fraction of sp³-hybridized carbons (Fsp3) is 0.548. The van der Waals surface area contributed by atoms with Crippen LogP contribution in [0.4, 0.5) is 0 Å². The third-order valence-corrected chi connectivity index (χ3v) is 18.0. The van der Waals surface area contributed by atoms with Crippen LogP contribution in [0.25, 0.3) is 0 Å². The molecular weight excluding hydrogens is 1450 g/mol. The fourth-order valence-corrected chi connectivity index (χ4v) is 11.6. The minimum atomic E-state index is -5.03. The minimum Gasteiger partial charge on any atom is -0.462 e. The number of allylic oxidation sites excluding steroid dienone is 38. The van der Waals surface area contributed by atoms with Crippen LogP contribution in [0.15, 0.2) is 231 Å². The molecule has 0 aromatic rings. The van der Waals surface area contributed by atoms with Crippen molar-refractivity contribution in [1.82, 2.24) is 0 Å². The molecule has 0 aliphatic rings. The van der Waals surface area contributed by atoms with E-state index in [0.29, 0.717) is 38.5 Å². The SMILES string of the molecule is CC/C=C\C/C=C\C/C=C\C/C=C\C/C=C\C/C=C\CCC(=O)OCC(COP(=O)(O)OCC(O)COP(=O)(O)OCC(COC(=O)CCCCCC/C=C\C/C=C\C/C=C\C/C=C\CC)OC(=O)CCCCCCCCC/C=C\C/C=C\C/C=C\CC)OC(=O)CC/C=C\C/C=C\C/C=C\C/C=C\C/C=C\C/C=C\CC. The zero-order valence-corrected chi connectivity index (χ0v) is 70.5. The topological polar surface area (TPSA) is 237 Å². The minimum absolute atomic E-state index is 0.00946. The van der Waals surface area contributed by atoms with Crippen molar-refractivity contribution < 1.29 is 80.2 Å². The number of aliphatic hydroxyl groups is 1. The molecule has 0 aromatic carbocycles. The van der Waals surface area contributed by atoms with Gasteiger partial charge in [0.25, 0.3) is 0 Å². The highest BCUT2D eigenvalue weighted by Gasteiger charge is 2.30. The normalized spacial score (nSPS) is 15.0. The van der Waals surface area contributed by atoms with Gasteiger partial charge in [0, 0.05) is 25.7 Å². The van der Waals surface area contributed by atoms with Crippen LogP contribution >= 0.6 is 15.6 Å². The van der Waals surface area contributed by atoms with E-state index in [-0.39, 0.29) is 25.7 Å². The molecule has 0 rings (SSSR count). The number of phosphoric ester groups is 2. The third kappa shape index (κ3) is 81.1. The second-order valence-corrected chi connectivity index (χ2v) is 29.4. The average Bonchev–Trinajstić information content (AvgIpc) is 0.898. The van der Waals surface area contributed by atoms with Crippen LogP contribution in [0.3, 0.4) is 0 Å². The van der Waals surface area contributed by atoms with Gasteiger partial charge >= 0.3 is 39.5 Å². The van der Waals surface area contributed by atoms with Crippen molar-refractivity contribution in [1.29, 1.82) is 0 Å². The molecule has 0 aromatic heterocycles. The van der Waals surface area contributed by atoms with E-state index < -0.39 is 97.5 Å². The van der Waals surface area contributed by atoms with Crippen LogP contribution in [-0.2, 0) is 65.4 Å². The summed E-state index contributed by atoms with van der Waals surface area (Å²) in [5.41, 5.74) is 0. The second-order valence-electron chi connectivity index (χ2n) is 26.5. The van der Waals surface area contributed by atoms with Gasteiger partial charge in [-0.05, 0) is 173 Å². The van der Waals surface area contributed by atoms with Crippen LogP contribution < -0.4 is 0 Å². The first kappa shape index (κ1) is 105. The van der Waals surface area contributed by atoms with E-state index in [4.69, 9.17) is 37.0 Å². The lowest BCUT2D eigenvalue weighted by Gasteiger charge is -2.21. The Balaban J connectivity index is 5.58. The molecule has 5 atom stereocenters. The smallest absolute Gasteiger partial charge is 0.462 e. The summed E-state index contributed by atoms with van der Waals surface area (Å²) in [5, 5.41) is 10.7. The van der Waals surface area contributed by atoms with E-state index in [0.717, 1.165) is 180 Å². The maximum absolute atomic E-state index is 13.1. The lowest BCUT2D eigenvalue weighted by Crippen LogP contribution is -2.30. The summed E-state index contributed by atoms with van der Waals surface area (Å²) in [4.78, 5) is 73.2. The molecule has 0 aliphatic carbocycles. The highest BCUT2D eigenvalue weighted by molar-refractivity contribution is 7.47. The number of esters is 4. The van der Waals surface area contributed by atoms with Crippen molar-refractivity contribution in [3.05, 3.63) is 231 Å². The highest BCUT2D eigenvalue weighted by atomic mass is 31.2. The van der Waals surface area contributed by atoms with Gasteiger partial charge in [-0.2, -0.15) is 0 Å². The summed E-state index contributed by atoms with van der Waals surface area (Å²) in [6.07, 6.45) is 106. The monoisotopic (exact) mass is 1590 g/mol. The van der Waals surface area contributed by atoms with Crippen molar-refractivity contribution in [2.75, 3.05) is 39.6 Å². The standard InChI is InChI=1S/C93H144O17P2/c1-5-9-13-17-21-25-29-33-37-41-43-47-50-54-58-62-66-70-74-78-91(96)104-84-89(110-93(98)80-76-72-68-64-60-56-52-48-44-42-38-34-30-26-22-18-14-10-6-2)86-108-112(101,102)106-82-87(94)81-105-111(99,100)107-85-88(109-92(97)79-75-71-67-63-59-55-51-46-40-36-32-28-24-20-16-12-8-4)83-103-90(95)77-73-69-65-61-57-53-49-45-39-35-31-27-23-19-15-11-7-3/h9-16,21-28,33-40,43-44,47-49,53-54,56,58,60,66,68,70,72,87-89,94H,5-8,17-20,29-32,41-42,45-46,50-52,55,57,59,61-65,67,69,71,73-86H2,1-4H3,(H,99,100)(H,101,102)/b13-9-,14-10-,15-11-,16-12-,25-21-,26-22-,27-23-,28-24-,37-33-,38-34-,39-35-,40-36-,47-43-,48-44-,53-49-,58-54-,60-56-,70-66-,72-68-. The molecule has 628 valence electrons. The zero-order valence-electron chi connectivity index (χ0n) is 68.7. The van der Waals surface area contributed by atoms with Crippen LogP contribution in [0.2, 0.25) is 0 Å². The van der Waals surface area contributed by atoms with Gasteiger partial charge in [0.05, 0.1) is 26.4 Å². The molecule has 0 spiro atoms. The molecule has 19 heteroatoms. The predicted octanol–water partition coefficient (Wildman–Crippen LogP) is 25.0. The van der Waals surface area contributed by atoms with Gasteiger partial charge in [0.2, 0.25) is 0 Å². The molecule has 0 fully saturated rings. The van der Waals surface area contributed by atoms with Crippen LogP contribution in [-0.4, -0.2) is 96.7 Å². The zero-order chi connectivity index (χ0) is 81.7. The van der Waals surface area contributed by atoms with Gasteiger partial charge in [0.15, 0.2) is 12.2 Å². The lowest BCUT2D eigenvalue weighted by atomic mass is 10.1. The third-order valence-electron chi connectivity index (χ3n) is 16.1. The van der Waals surface area contributed by atoms with Gasteiger partial charge in [-0.1, -0.05) is 304 Å². The summed E-state index contributed by atoms with van der Waals surface area (Å²) < 4.78 is 68.6. The van der Waals surface area contributed by atoms with Crippen molar-refractivity contribution >= 4 is 39.5 Å². The van der Waals surface area contributed by atoms with Crippen LogP contribution in [0.1, 0.15) is 272 Å². The number of aliphatic hydroxyl groups excluding tert-OH is 1. The van der Waals surface area contributed by atoms with E-state index >= 15 is 0 Å². The van der Waals surface area contributed by atoms with Crippen molar-refractivity contribution in [2.45, 2.75) is 290 Å². The van der Waals surface area contributed by atoms with Crippen molar-refractivity contribution in [2.24, 2.45) is 0 Å². The molecule has 0 amide bonds. The van der Waals surface area contributed by atoms with E-state index in [9.17, 15) is 43.2 Å². The summed E-state index contributed by atoms with van der Waals surface area (Å²) in [7, 11) is -10.0. The van der Waals surface area contributed by atoms with Gasteiger partial charge in [-0.3, -0.25) is 37.3 Å². The average molecular weight is 1600 g/mol. The lowest BCUT2D eigenvalue weighted by molar-refractivity contribution is -0.161. The molecule has 0 aliphatic heterocycles. The second kappa shape index (κ2) is 82.1. The van der Waals surface area contributed by atoms with E-state index in [1.54, 1.807) is 0 Å². The predicted molar refractivity (Wildman–Crippen MR) is 463 cm³/mol. The van der Waals surface area contributed by atoms with Gasteiger partial charge < -0.3 is 33.8 Å². The van der Waals surface area contributed by atoms with Crippen molar-refractivity contribution in [3.8, 4) is 0 Å². The van der Waals surface area contributed by atoms with Crippen LogP contribution in [0.5, 0.6) is 0 Å². The quantitative estimate of drug-likeness (QED) is 0.0169. The molecule has 0 saturated carbocycles. The van der Waals surface area contributed by atoms with E-state index in [2.05, 4.69) is 222 Å².